The lowest BCUT2D eigenvalue weighted by Crippen LogP contribution is -2.19. The summed E-state index contributed by atoms with van der Waals surface area (Å²) >= 11 is 0. The summed E-state index contributed by atoms with van der Waals surface area (Å²) in [6, 6.07) is 25.5. The average molecular weight is 498 g/mol. The summed E-state index contributed by atoms with van der Waals surface area (Å²) in [4.78, 5) is 2.13. The normalized spacial score (nSPS) is 15.2. The third-order valence-corrected chi connectivity index (χ3v) is 7.55. The fourth-order valence-electron chi connectivity index (χ4n) is 5.32. The van der Waals surface area contributed by atoms with Crippen LogP contribution in [0.15, 0.2) is 72.8 Å². The number of ether oxygens (including phenoxy) is 1. The number of phenolic OH excluding ortho intramolecular Hbond substituents is 1. The standard InChI is InChI=1S/C34H43NO2/c1-25(2)27-10-12-28(13-11-27)33(24-26-8-6-5-7-9-26)34(29-14-18-31(36)19-15-29)30-16-20-32(21-17-30)37-23-22-35(3)4/h10-21,25-26,36H,5-9,22-24H2,1-4H3/b34-33-. The van der Waals surface area contributed by atoms with Crippen LogP contribution >= 0.6 is 0 Å². The van der Waals surface area contributed by atoms with Crippen LogP contribution in [0.2, 0.25) is 0 Å². The first-order chi connectivity index (χ1) is 17.9. The molecule has 0 bridgehead atoms. The Bertz CT molecular complexity index is 1140. The van der Waals surface area contributed by atoms with Crippen molar-refractivity contribution < 1.29 is 9.84 Å². The van der Waals surface area contributed by atoms with Crippen molar-refractivity contribution in [3.8, 4) is 11.5 Å². The number of nitrogens with zero attached hydrogens (tertiary/aromatic N) is 1. The highest BCUT2D eigenvalue weighted by atomic mass is 16.5. The number of likely N-dealkylation sites (N-methyl/N-ethyl adjacent to an activating group) is 1. The van der Waals surface area contributed by atoms with E-state index in [1.807, 2.05) is 0 Å². The van der Waals surface area contributed by atoms with Gasteiger partial charge in [-0.15, -0.1) is 0 Å². The van der Waals surface area contributed by atoms with E-state index in [0.717, 1.165) is 24.3 Å². The largest absolute Gasteiger partial charge is 0.508 e. The highest BCUT2D eigenvalue weighted by Crippen LogP contribution is 2.40. The van der Waals surface area contributed by atoms with E-state index in [-0.39, 0.29) is 0 Å². The lowest BCUT2D eigenvalue weighted by atomic mass is 9.79. The van der Waals surface area contributed by atoms with E-state index in [9.17, 15) is 5.11 Å². The highest BCUT2D eigenvalue weighted by molar-refractivity contribution is 5.98. The second-order valence-electron chi connectivity index (χ2n) is 11.1. The first kappa shape index (κ1) is 27.0. The van der Waals surface area contributed by atoms with Gasteiger partial charge in [-0.25, -0.2) is 0 Å². The Hall–Kier alpha value is -3.04. The molecule has 3 aromatic carbocycles. The van der Waals surface area contributed by atoms with Crippen LogP contribution in [-0.2, 0) is 0 Å². The molecular weight excluding hydrogens is 454 g/mol. The van der Waals surface area contributed by atoms with E-state index in [4.69, 9.17) is 4.74 Å². The third kappa shape index (κ3) is 7.49. The van der Waals surface area contributed by atoms with Crippen LogP contribution in [0, 0.1) is 5.92 Å². The summed E-state index contributed by atoms with van der Waals surface area (Å²) in [6.07, 6.45) is 7.69. The fourth-order valence-corrected chi connectivity index (χ4v) is 5.32. The molecule has 1 saturated carbocycles. The molecule has 0 saturated heterocycles. The van der Waals surface area contributed by atoms with Gasteiger partial charge in [0.05, 0.1) is 0 Å². The number of phenols is 1. The number of benzene rings is 3. The van der Waals surface area contributed by atoms with Gasteiger partial charge in [0, 0.05) is 6.54 Å². The first-order valence-corrected chi connectivity index (χ1v) is 13.9. The molecular formula is C34H43NO2. The van der Waals surface area contributed by atoms with Gasteiger partial charge >= 0.3 is 0 Å². The van der Waals surface area contributed by atoms with Crippen molar-refractivity contribution in [2.45, 2.75) is 58.3 Å². The van der Waals surface area contributed by atoms with E-state index >= 15 is 0 Å². The molecule has 0 atom stereocenters. The maximum absolute atomic E-state index is 10.0. The zero-order chi connectivity index (χ0) is 26.2. The van der Waals surface area contributed by atoms with Crippen LogP contribution in [0.4, 0.5) is 0 Å². The predicted molar refractivity (Wildman–Crippen MR) is 156 cm³/mol. The van der Waals surface area contributed by atoms with Crippen LogP contribution < -0.4 is 4.74 Å². The minimum Gasteiger partial charge on any atom is -0.508 e. The Morgan fingerprint density at radius 2 is 1.38 bits per heavy atom. The van der Waals surface area contributed by atoms with Gasteiger partial charge in [0.1, 0.15) is 18.1 Å². The number of hydrogen-bond donors (Lipinski definition) is 1. The summed E-state index contributed by atoms with van der Waals surface area (Å²) in [7, 11) is 4.12. The number of allylic oxidation sites excluding steroid dienone is 1. The summed E-state index contributed by atoms with van der Waals surface area (Å²) in [5.41, 5.74) is 7.63. The van der Waals surface area contributed by atoms with Gasteiger partial charge in [0.25, 0.3) is 0 Å². The molecule has 1 N–H and O–H groups in total. The molecule has 196 valence electrons. The molecule has 3 heteroatoms. The molecule has 0 aliphatic heterocycles. The van der Waals surface area contributed by atoms with E-state index in [0.29, 0.717) is 24.2 Å². The molecule has 3 aromatic rings. The number of rotatable bonds is 10. The average Bonchev–Trinajstić information content (AvgIpc) is 2.90. The Kier molecular flexibility index (Phi) is 9.46. The Morgan fingerprint density at radius 3 is 1.95 bits per heavy atom. The summed E-state index contributed by atoms with van der Waals surface area (Å²) < 4.78 is 5.98. The number of aromatic hydroxyl groups is 1. The van der Waals surface area contributed by atoms with E-state index in [1.54, 1.807) is 12.1 Å². The fraction of sp³-hybridized carbons (Fsp3) is 0.412. The van der Waals surface area contributed by atoms with Crippen LogP contribution in [0.1, 0.15) is 80.5 Å². The van der Waals surface area contributed by atoms with Crippen molar-refractivity contribution in [2.75, 3.05) is 27.2 Å². The molecule has 0 unspecified atom stereocenters. The van der Waals surface area contributed by atoms with Gasteiger partial charge in [-0.3, -0.25) is 0 Å². The quantitative estimate of drug-likeness (QED) is 0.286. The molecule has 0 spiro atoms. The number of hydrogen-bond acceptors (Lipinski definition) is 3. The van der Waals surface area contributed by atoms with E-state index in [1.165, 1.54) is 59.9 Å². The van der Waals surface area contributed by atoms with Crippen LogP contribution in [0.25, 0.3) is 11.1 Å². The summed E-state index contributed by atoms with van der Waals surface area (Å²) in [5.74, 6) is 2.40. The zero-order valence-electron chi connectivity index (χ0n) is 23.0. The minimum absolute atomic E-state index is 0.294. The second kappa shape index (κ2) is 13.0. The molecule has 0 amide bonds. The molecule has 0 radical (unpaired) electrons. The Labute approximate surface area is 223 Å². The van der Waals surface area contributed by atoms with Crippen LogP contribution in [-0.4, -0.2) is 37.3 Å². The van der Waals surface area contributed by atoms with Gasteiger partial charge in [-0.05, 0) is 90.0 Å². The van der Waals surface area contributed by atoms with Crippen molar-refractivity contribution in [1.29, 1.82) is 0 Å². The van der Waals surface area contributed by atoms with E-state index in [2.05, 4.69) is 93.5 Å². The second-order valence-corrected chi connectivity index (χ2v) is 11.1. The molecule has 1 fully saturated rings. The molecule has 37 heavy (non-hydrogen) atoms. The summed E-state index contributed by atoms with van der Waals surface area (Å²) in [5, 5.41) is 10.0. The van der Waals surface area contributed by atoms with Crippen molar-refractivity contribution in [3.63, 3.8) is 0 Å². The van der Waals surface area contributed by atoms with Crippen molar-refractivity contribution in [3.05, 3.63) is 95.1 Å². The Balaban J connectivity index is 1.80. The molecule has 3 nitrogen and oxygen atoms in total. The van der Waals surface area contributed by atoms with Crippen molar-refractivity contribution in [2.24, 2.45) is 5.92 Å². The van der Waals surface area contributed by atoms with Gasteiger partial charge in [0.2, 0.25) is 0 Å². The van der Waals surface area contributed by atoms with Crippen LogP contribution in [0.5, 0.6) is 11.5 Å². The van der Waals surface area contributed by atoms with Crippen molar-refractivity contribution in [1.82, 2.24) is 4.90 Å². The smallest absolute Gasteiger partial charge is 0.119 e. The maximum Gasteiger partial charge on any atom is 0.119 e. The maximum atomic E-state index is 10.0. The van der Waals surface area contributed by atoms with Gasteiger partial charge in [-0.2, -0.15) is 0 Å². The monoisotopic (exact) mass is 497 g/mol. The Morgan fingerprint density at radius 1 is 0.811 bits per heavy atom. The lowest BCUT2D eigenvalue weighted by Gasteiger charge is -2.26. The topological polar surface area (TPSA) is 32.7 Å². The third-order valence-electron chi connectivity index (χ3n) is 7.55. The lowest BCUT2D eigenvalue weighted by molar-refractivity contribution is 0.261. The van der Waals surface area contributed by atoms with Crippen molar-refractivity contribution >= 4 is 11.1 Å². The molecule has 0 aromatic heterocycles. The molecule has 0 heterocycles. The highest BCUT2D eigenvalue weighted by Gasteiger charge is 2.21. The predicted octanol–water partition coefficient (Wildman–Crippen LogP) is 8.39. The van der Waals surface area contributed by atoms with Crippen LogP contribution in [0.3, 0.4) is 0 Å². The molecule has 1 aliphatic rings. The van der Waals surface area contributed by atoms with E-state index < -0.39 is 0 Å². The molecule has 4 rings (SSSR count). The minimum atomic E-state index is 0.294. The van der Waals surface area contributed by atoms with Gasteiger partial charge < -0.3 is 14.7 Å². The first-order valence-electron chi connectivity index (χ1n) is 13.9. The zero-order valence-corrected chi connectivity index (χ0v) is 23.0. The van der Waals surface area contributed by atoms with Gasteiger partial charge in [-0.1, -0.05) is 94.5 Å². The SMILES string of the molecule is CC(C)c1ccc(/C(CC2CCCCC2)=C(/c2ccc(O)cc2)c2ccc(OCCN(C)C)cc2)cc1. The molecule has 1 aliphatic carbocycles. The van der Waals surface area contributed by atoms with Gasteiger partial charge in [0.15, 0.2) is 0 Å². The summed E-state index contributed by atoms with van der Waals surface area (Å²) in [6.45, 7) is 6.05.